The molecule has 1 amide bonds. The number of thioether (sulfide) groups is 1. The highest BCUT2D eigenvalue weighted by Crippen LogP contribution is 2.34. The molecule has 0 N–H and O–H groups in total. The lowest BCUT2D eigenvalue weighted by atomic mass is 10.2. The summed E-state index contributed by atoms with van der Waals surface area (Å²) in [4.78, 5) is 32.8. The van der Waals surface area contributed by atoms with Gasteiger partial charge in [-0.2, -0.15) is 5.10 Å². The number of likely N-dealkylation sites (tertiary alicyclic amines) is 1. The van der Waals surface area contributed by atoms with Crippen LogP contribution in [-0.2, 0) is 4.79 Å². The summed E-state index contributed by atoms with van der Waals surface area (Å²) in [6.45, 7) is 1.65. The van der Waals surface area contributed by atoms with Gasteiger partial charge in [0.25, 0.3) is 5.56 Å². The van der Waals surface area contributed by atoms with E-state index < -0.39 is 0 Å². The molecule has 0 spiro atoms. The van der Waals surface area contributed by atoms with Crippen LogP contribution < -0.4 is 5.56 Å². The normalized spacial score (nSPS) is 19.1. The predicted octanol–water partition coefficient (Wildman–Crippen LogP) is 3.68. The minimum atomic E-state index is -0.163. The molecular weight excluding hydrogens is 422 g/mol. The second-order valence-corrected chi connectivity index (χ2v) is 9.23. The first-order valence-corrected chi connectivity index (χ1v) is 11.6. The van der Waals surface area contributed by atoms with Crippen LogP contribution in [0.2, 0.25) is 5.02 Å². The zero-order chi connectivity index (χ0) is 20.7. The third-order valence-corrected chi connectivity index (χ3v) is 7.16. The van der Waals surface area contributed by atoms with Crippen LogP contribution >= 0.6 is 23.4 Å². The number of nitrogens with zero attached hydrogens (tertiary/aromatic N) is 5. The maximum absolute atomic E-state index is 13.3. The molecule has 3 aromatic rings. The summed E-state index contributed by atoms with van der Waals surface area (Å²) >= 11 is 7.51. The number of hydrogen-bond acceptors (Lipinski definition) is 5. The lowest BCUT2D eigenvalue weighted by Crippen LogP contribution is -2.35. The Labute approximate surface area is 183 Å². The molecule has 9 heteroatoms. The van der Waals surface area contributed by atoms with Gasteiger partial charge in [0.2, 0.25) is 5.91 Å². The average molecular weight is 444 g/mol. The lowest BCUT2D eigenvalue weighted by Gasteiger charge is -2.22. The molecule has 1 unspecified atom stereocenters. The van der Waals surface area contributed by atoms with Gasteiger partial charge in [0.1, 0.15) is 5.39 Å². The number of rotatable bonds is 3. The number of hydrogen-bond donors (Lipinski definition) is 0. The fourth-order valence-electron chi connectivity index (χ4n) is 4.20. The molecule has 0 saturated carbocycles. The Kier molecular flexibility index (Phi) is 5.28. The zero-order valence-corrected chi connectivity index (χ0v) is 18.0. The summed E-state index contributed by atoms with van der Waals surface area (Å²) < 4.78 is 3.35. The number of fused-ring (bicyclic) bond motifs is 2. The third kappa shape index (κ3) is 3.52. The van der Waals surface area contributed by atoms with E-state index in [-0.39, 0.29) is 17.5 Å². The molecule has 2 aromatic heterocycles. The molecule has 5 rings (SSSR count). The Morgan fingerprint density at radius 1 is 1.13 bits per heavy atom. The van der Waals surface area contributed by atoms with Crippen LogP contribution in [0.25, 0.3) is 16.7 Å². The van der Waals surface area contributed by atoms with Gasteiger partial charge in [-0.15, -0.1) is 0 Å². The summed E-state index contributed by atoms with van der Waals surface area (Å²) in [6.07, 6.45) is 6.40. The van der Waals surface area contributed by atoms with Crippen molar-refractivity contribution in [3.63, 3.8) is 0 Å². The van der Waals surface area contributed by atoms with Crippen LogP contribution in [0.3, 0.4) is 0 Å². The molecule has 2 aliphatic rings. The van der Waals surface area contributed by atoms with Gasteiger partial charge in [0, 0.05) is 30.3 Å². The molecule has 1 atom stereocenters. The number of halogens is 1. The van der Waals surface area contributed by atoms with Crippen molar-refractivity contribution in [1.82, 2.24) is 24.2 Å². The molecule has 2 aliphatic heterocycles. The second-order valence-electron chi connectivity index (χ2n) is 7.80. The first-order chi connectivity index (χ1) is 14.6. The maximum Gasteiger partial charge on any atom is 0.265 e. The van der Waals surface area contributed by atoms with Crippen molar-refractivity contribution in [3.8, 4) is 5.69 Å². The maximum atomic E-state index is 13.3. The van der Waals surface area contributed by atoms with Crippen LogP contribution in [0, 0.1) is 0 Å². The molecule has 4 heterocycles. The van der Waals surface area contributed by atoms with Gasteiger partial charge in [-0.05, 0) is 37.1 Å². The molecule has 0 radical (unpaired) electrons. The van der Waals surface area contributed by atoms with E-state index in [1.807, 2.05) is 17.0 Å². The summed E-state index contributed by atoms with van der Waals surface area (Å²) in [6, 6.07) is 7.09. The van der Waals surface area contributed by atoms with E-state index in [4.69, 9.17) is 16.6 Å². The van der Waals surface area contributed by atoms with Gasteiger partial charge < -0.3 is 4.90 Å². The van der Waals surface area contributed by atoms with Crippen LogP contribution in [0.4, 0.5) is 0 Å². The van der Waals surface area contributed by atoms with Crippen molar-refractivity contribution in [2.24, 2.45) is 0 Å². The number of aromatic nitrogens is 4. The quantitative estimate of drug-likeness (QED) is 0.577. The van der Waals surface area contributed by atoms with Crippen LogP contribution in [0.15, 0.2) is 40.4 Å². The third-order valence-electron chi connectivity index (χ3n) is 5.81. The van der Waals surface area contributed by atoms with Crippen molar-refractivity contribution in [1.29, 1.82) is 0 Å². The van der Waals surface area contributed by atoms with E-state index >= 15 is 0 Å². The second kappa shape index (κ2) is 8.07. The molecule has 7 nitrogen and oxygen atoms in total. The van der Waals surface area contributed by atoms with E-state index in [0.29, 0.717) is 33.4 Å². The van der Waals surface area contributed by atoms with Crippen LogP contribution in [0.5, 0.6) is 0 Å². The molecule has 30 heavy (non-hydrogen) atoms. The SMILES string of the molecule is O=C(CC1CSc2nc3c(cnn3-c3ccc(Cl)cc3)c(=O)n21)N1CCCCCC1. The average Bonchev–Trinajstić information content (AvgIpc) is 3.23. The Morgan fingerprint density at radius 2 is 1.87 bits per heavy atom. The molecule has 0 aliphatic carbocycles. The number of carbonyl (C=O) groups is 1. The van der Waals surface area contributed by atoms with E-state index in [0.717, 1.165) is 31.6 Å². The molecule has 1 aromatic carbocycles. The molecule has 1 fully saturated rings. The van der Waals surface area contributed by atoms with Crippen LogP contribution in [0.1, 0.15) is 38.1 Å². The minimum Gasteiger partial charge on any atom is -0.343 e. The Balaban J connectivity index is 1.46. The summed E-state index contributed by atoms with van der Waals surface area (Å²) in [5, 5.41) is 6.13. The molecular formula is C21H22ClN5O2S. The molecule has 0 bridgehead atoms. The first kappa shape index (κ1) is 19.6. The summed E-state index contributed by atoms with van der Waals surface area (Å²) in [5.41, 5.74) is 1.19. The van der Waals surface area contributed by atoms with Crippen LogP contribution in [-0.4, -0.2) is 49.0 Å². The molecule has 156 valence electrons. The van der Waals surface area contributed by atoms with Gasteiger partial charge in [-0.1, -0.05) is 36.2 Å². The van der Waals surface area contributed by atoms with Gasteiger partial charge in [0.05, 0.1) is 17.9 Å². The first-order valence-electron chi connectivity index (χ1n) is 10.3. The number of carbonyl (C=O) groups excluding carboxylic acids is 1. The Hall–Kier alpha value is -2.32. The fraction of sp³-hybridized carbons (Fsp3) is 0.429. The van der Waals surface area contributed by atoms with Gasteiger partial charge in [-0.25, -0.2) is 9.67 Å². The fourth-order valence-corrected chi connectivity index (χ4v) is 5.46. The predicted molar refractivity (Wildman–Crippen MR) is 118 cm³/mol. The summed E-state index contributed by atoms with van der Waals surface area (Å²) in [7, 11) is 0. The monoisotopic (exact) mass is 443 g/mol. The summed E-state index contributed by atoms with van der Waals surface area (Å²) in [5.74, 6) is 0.821. The van der Waals surface area contributed by atoms with E-state index in [1.165, 1.54) is 24.6 Å². The standard InChI is InChI=1S/C21H22ClN5O2S/c22-14-5-7-15(8-6-14)27-19-17(12-23-27)20(29)26-16(13-30-21(26)24-19)11-18(28)25-9-3-1-2-4-10-25/h5-8,12,16H,1-4,9-11,13H2. The number of amides is 1. The van der Waals surface area contributed by atoms with Crippen molar-refractivity contribution in [3.05, 3.63) is 45.8 Å². The van der Waals surface area contributed by atoms with Crippen molar-refractivity contribution in [2.75, 3.05) is 18.8 Å². The Bertz CT molecular complexity index is 1150. The van der Waals surface area contributed by atoms with Gasteiger partial charge in [0.15, 0.2) is 10.8 Å². The highest BCUT2D eigenvalue weighted by Gasteiger charge is 2.31. The number of benzene rings is 1. The van der Waals surface area contributed by atoms with E-state index in [2.05, 4.69) is 5.10 Å². The molecule has 1 saturated heterocycles. The topological polar surface area (TPSA) is 73.0 Å². The largest absolute Gasteiger partial charge is 0.343 e. The smallest absolute Gasteiger partial charge is 0.265 e. The zero-order valence-electron chi connectivity index (χ0n) is 16.5. The van der Waals surface area contributed by atoms with E-state index in [9.17, 15) is 9.59 Å². The van der Waals surface area contributed by atoms with Gasteiger partial charge >= 0.3 is 0 Å². The van der Waals surface area contributed by atoms with Crippen molar-refractivity contribution < 1.29 is 4.79 Å². The lowest BCUT2D eigenvalue weighted by molar-refractivity contribution is -0.131. The highest BCUT2D eigenvalue weighted by molar-refractivity contribution is 7.99. The Morgan fingerprint density at radius 3 is 2.60 bits per heavy atom. The minimum absolute atomic E-state index is 0.131. The highest BCUT2D eigenvalue weighted by atomic mass is 35.5. The van der Waals surface area contributed by atoms with Crippen molar-refractivity contribution >= 4 is 40.3 Å². The van der Waals surface area contributed by atoms with Gasteiger partial charge in [-0.3, -0.25) is 14.2 Å². The van der Waals surface area contributed by atoms with E-state index in [1.54, 1.807) is 27.6 Å². The van der Waals surface area contributed by atoms with Crippen molar-refractivity contribution in [2.45, 2.75) is 43.3 Å².